The Bertz CT molecular complexity index is 899. The highest BCUT2D eigenvalue weighted by molar-refractivity contribution is 5.86. The molecule has 0 amide bonds. The molecule has 5 nitrogen and oxygen atoms in total. The monoisotopic (exact) mass is 372 g/mol. The van der Waals surface area contributed by atoms with Gasteiger partial charge in [-0.1, -0.05) is 17.2 Å². The first kappa shape index (κ1) is 20.6. The number of hydrogen-bond acceptors (Lipinski definition) is 5. The first-order valence-corrected chi connectivity index (χ1v) is 9.16. The van der Waals surface area contributed by atoms with E-state index >= 15 is 0 Å². The molecule has 0 atom stereocenters. The second-order valence-electron chi connectivity index (χ2n) is 7.07. The van der Waals surface area contributed by atoms with Crippen LogP contribution in [0.5, 0.6) is 17.2 Å². The maximum Gasteiger partial charge on any atom is 0.382 e. The van der Waals surface area contributed by atoms with Crippen molar-refractivity contribution in [2.45, 2.75) is 53.6 Å². The molecule has 2 aromatic rings. The fourth-order valence-electron chi connectivity index (χ4n) is 2.59. The van der Waals surface area contributed by atoms with Crippen LogP contribution < -0.4 is 15.1 Å². The summed E-state index contributed by atoms with van der Waals surface area (Å²) in [7, 11) is 0. The maximum absolute atomic E-state index is 11.9. The van der Waals surface area contributed by atoms with E-state index < -0.39 is 11.4 Å². The second-order valence-corrected chi connectivity index (χ2v) is 7.07. The van der Waals surface area contributed by atoms with Gasteiger partial charge in [-0.2, -0.15) is 0 Å². The van der Waals surface area contributed by atoms with Gasteiger partial charge in [0.25, 0.3) is 0 Å². The van der Waals surface area contributed by atoms with Crippen LogP contribution in [0.25, 0.3) is 11.0 Å². The van der Waals surface area contributed by atoms with Gasteiger partial charge in [0.15, 0.2) is 5.75 Å². The van der Waals surface area contributed by atoms with Crippen molar-refractivity contribution in [1.29, 1.82) is 0 Å². The van der Waals surface area contributed by atoms with Gasteiger partial charge in [0.1, 0.15) is 17.9 Å². The summed E-state index contributed by atoms with van der Waals surface area (Å²) in [6.45, 7) is 10.3. The van der Waals surface area contributed by atoms with Crippen molar-refractivity contribution in [2.24, 2.45) is 0 Å². The van der Waals surface area contributed by atoms with Crippen LogP contribution in [0.2, 0.25) is 0 Å². The number of hydrogen-bond donors (Lipinski definition) is 1. The minimum Gasteiger partial charge on any atom is -0.499 e. The summed E-state index contributed by atoms with van der Waals surface area (Å²) >= 11 is 0. The van der Waals surface area contributed by atoms with Crippen molar-refractivity contribution in [3.05, 3.63) is 51.9 Å². The van der Waals surface area contributed by atoms with Gasteiger partial charge in [-0.25, -0.2) is 4.79 Å². The molecule has 1 aromatic heterocycles. The summed E-state index contributed by atoms with van der Waals surface area (Å²) in [5.74, 6) is 0.202. The molecule has 27 heavy (non-hydrogen) atoms. The SMILES string of the molecule is CC(C)=CCCC(C)=CCOc1c(O)c(=O)oc2cc(OC(C)C)ccc12. The van der Waals surface area contributed by atoms with Gasteiger partial charge >= 0.3 is 5.63 Å². The summed E-state index contributed by atoms with van der Waals surface area (Å²) in [5.41, 5.74) is 1.97. The standard InChI is InChI=1S/C22H28O5/c1-14(2)7-6-8-16(5)11-12-25-21-18-10-9-17(26-15(3)4)13-19(18)27-22(24)20(21)23/h7,9-11,13,15,23H,6,8,12H2,1-5H3. The van der Waals surface area contributed by atoms with Crippen LogP contribution in [0.1, 0.15) is 47.5 Å². The van der Waals surface area contributed by atoms with Crippen LogP contribution >= 0.6 is 0 Å². The molecule has 2 rings (SSSR count). The third-order valence-electron chi connectivity index (χ3n) is 3.93. The van der Waals surface area contributed by atoms with E-state index in [2.05, 4.69) is 19.9 Å². The second kappa shape index (κ2) is 9.31. The molecular formula is C22H28O5. The molecule has 0 saturated heterocycles. The van der Waals surface area contributed by atoms with Crippen LogP contribution in [0.3, 0.4) is 0 Å². The maximum atomic E-state index is 11.9. The largest absolute Gasteiger partial charge is 0.499 e. The number of ether oxygens (including phenoxy) is 2. The lowest BCUT2D eigenvalue weighted by Crippen LogP contribution is -2.06. The van der Waals surface area contributed by atoms with Gasteiger partial charge < -0.3 is 19.0 Å². The van der Waals surface area contributed by atoms with Crippen molar-refractivity contribution in [3.8, 4) is 17.2 Å². The van der Waals surface area contributed by atoms with Crippen LogP contribution in [0, 0.1) is 0 Å². The fourth-order valence-corrected chi connectivity index (χ4v) is 2.59. The molecule has 0 radical (unpaired) electrons. The zero-order valence-corrected chi connectivity index (χ0v) is 16.7. The molecule has 1 N–H and O–H groups in total. The Labute approximate surface area is 159 Å². The normalized spacial score (nSPS) is 11.7. The van der Waals surface area contributed by atoms with Gasteiger partial charge in [0, 0.05) is 6.07 Å². The lowest BCUT2D eigenvalue weighted by molar-refractivity contribution is 0.242. The van der Waals surface area contributed by atoms with Crippen LogP contribution in [0.4, 0.5) is 0 Å². The summed E-state index contributed by atoms with van der Waals surface area (Å²) in [6, 6.07) is 5.11. The van der Waals surface area contributed by atoms with Gasteiger partial charge in [0.2, 0.25) is 5.75 Å². The number of fused-ring (bicyclic) bond motifs is 1. The van der Waals surface area contributed by atoms with E-state index in [0.29, 0.717) is 16.7 Å². The predicted molar refractivity (Wildman–Crippen MR) is 108 cm³/mol. The van der Waals surface area contributed by atoms with E-state index in [1.54, 1.807) is 18.2 Å². The summed E-state index contributed by atoms with van der Waals surface area (Å²) in [4.78, 5) is 11.9. The Morgan fingerprint density at radius 3 is 2.63 bits per heavy atom. The molecule has 0 aliphatic rings. The zero-order chi connectivity index (χ0) is 20.0. The lowest BCUT2D eigenvalue weighted by atomic mass is 10.1. The minimum atomic E-state index is -0.830. The Morgan fingerprint density at radius 2 is 1.96 bits per heavy atom. The van der Waals surface area contributed by atoms with Crippen molar-refractivity contribution in [3.63, 3.8) is 0 Å². The summed E-state index contributed by atoms with van der Waals surface area (Å²) < 4.78 is 16.5. The topological polar surface area (TPSA) is 68.9 Å². The van der Waals surface area contributed by atoms with Gasteiger partial charge in [-0.15, -0.1) is 0 Å². The highest BCUT2D eigenvalue weighted by Crippen LogP contribution is 2.34. The van der Waals surface area contributed by atoms with Crippen molar-refractivity contribution < 1.29 is 19.0 Å². The van der Waals surface area contributed by atoms with E-state index in [-0.39, 0.29) is 18.5 Å². The molecule has 1 aromatic carbocycles. The number of allylic oxidation sites excluding steroid dienone is 3. The average molecular weight is 372 g/mol. The smallest absolute Gasteiger partial charge is 0.382 e. The average Bonchev–Trinajstić information content (AvgIpc) is 2.57. The highest BCUT2D eigenvalue weighted by atomic mass is 16.5. The molecule has 0 aliphatic carbocycles. The number of rotatable bonds is 8. The number of benzene rings is 1. The fraction of sp³-hybridized carbons (Fsp3) is 0.409. The van der Waals surface area contributed by atoms with Gasteiger partial charge in [0.05, 0.1) is 11.5 Å². The quantitative estimate of drug-likeness (QED) is 0.499. The third-order valence-corrected chi connectivity index (χ3v) is 3.93. The zero-order valence-electron chi connectivity index (χ0n) is 16.7. The molecule has 0 unspecified atom stereocenters. The molecule has 0 saturated carbocycles. The Balaban J connectivity index is 2.20. The van der Waals surface area contributed by atoms with E-state index in [1.165, 1.54) is 11.1 Å². The molecule has 0 bridgehead atoms. The van der Waals surface area contributed by atoms with E-state index in [1.807, 2.05) is 26.8 Å². The molecule has 0 spiro atoms. The Morgan fingerprint density at radius 1 is 1.22 bits per heavy atom. The molecule has 1 heterocycles. The molecule has 146 valence electrons. The molecular weight excluding hydrogens is 344 g/mol. The highest BCUT2D eigenvalue weighted by Gasteiger charge is 2.16. The van der Waals surface area contributed by atoms with E-state index in [9.17, 15) is 9.90 Å². The van der Waals surface area contributed by atoms with Gasteiger partial charge in [-0.3, -0.25) is 0 Å². The van der Waals surface area contributed by atoms with Crippen molar-refractivity contribution >= 4 is 11.0 Å². The Hall–Kier alpha value is -2.69. The molecule has 5 heteroatoms. The van der Waals surface area contributed by atoms with E-state index in [4.69, 9.17) is 13.9 Å². The molecule has 0 fully saturated rings. The first-order valence-electron chi connectivity index (χ1n) is 9.16. The number of aromatic hydroxyl groups is 1. The minimum absolute atomic E-state index is 0.00135. The van der Waals surface area contributed by atoms with E-state index in [0.717, 1.165) is 12.8 Å². The van der Waals surface area contributed by atoms with Gasteiger partial charge in [-0.05, 0) is 65.7 Å². The van der Waals surface area contributed by atoms with Crippen LogP contribution in [-0.2, 0) is 0 Å². The first-order chi connectivity index (χ1) is 12.8. The van der Waals surface area contributed by atoms with Crippen LogP contribution in [0.15, 0.2) is 50.7 Å². The predicted octanol–water partition coefficient (Wildman–Crippen LogP) is 5.36. The molecule has 0 aliphatic heterocycles. The summed E-state index contributed by atoms with van der Waals surface area (Å²) in [5, 5.41) is 10.6. The lowest BCUT2D eigenvalue weighted by Gasteiger charge is -2.12. The van der Waals surface area contributed by atoms with Crippen molar-refractivity contribution in [2.75, 3.05) is 6.61 Å². The summed E-state index contributed by atoms with van der Waals surface area (Å²) in [6.07, 6.45) is 6.06. The Kier molecular flexibility index (Phi) is 7.11. The van der Waals surface area contributed by atoms with Crippen LogP contribution in [-0.4, -0.2) is 17.8 Å². The van der Waals surface area contributed by atoms with Crippen molar-refractivity contribution in [1.82, 2.24) is 0 Å². The third kappa shape index (κ3) is 5.91.